The number of hydrazone groups is 1. The Morgan fingerprint density at radius 2 is 1.87 bits per heavy atom. The van der Waals surface area contributed by atoms with Crippen molar-refractivity contribution in [1.29, 1.82) is 0 Å². The maximum Gasteiger partial charge on any atom is 0.269 e. The van der Waals surface area contributed by atoms with Gasteiger partial charge in [0.1, 0.15) is 0 Å². The van der Waals surface area contributed by atoms with Gasteiger partial charge in [0.15, 0.2) is 0 Å². The van der Waals surface area contributed by atoms with Crippen molar-refractivity contribution < 1.29 is 4.92 Å². The average Bonchev–Trinajstić information content (AvgIpc) is 3.15. The zero-order chi connectivity index (χ0) is 15.8. The third-order valence-electron chi connectivity index (χ3n) is 3.83. The van der Waals surface area contributed by atoms with Gasteiger partial charge in [-0.1, -0.05) is 12.1 Å². The standard InChI is InChI=1S/C16H13N5O2/c22-21(23)13-7-5-12(6-8-13)11-18-20-15-4-2-1-3-14(15)19-10-9-17-16(19)20/h1-8,11H,9-10H2/b18-11+. The van der Waals surface area contributed by atoms with Gasteiger partial charge < -0.3 is 4.90 Å². The molecule has 0 N–H and O–H groups in total. The summed E-state index contributed by atoms with van der Waals surface area (Å²) in [6.07, 6.45) is 1.69. The highest BCUT2D eigenvalue weighted by Crippen LogP contribution is 2.38. The van der Waals surface area contributed by atoms with Crippen molar-refractivity contribution in [3.63, 3.8) is 0 Å². The summed E-state index contributed by atoms with van der Waals surface area (Å²) < 4.78 is 0. The van der Waals surface area contributed by atoms with Gasteiger partial charge in [0.25, 0.3) is 5.69 Å². The van der Waals surface area contributed by atoms with Gasteiger partial charge >= 0.3 is 0 Å². The zero-order valence-corrected chi connectivity index (χ0v) is 12.2. The van der Waals surface area contributed by atoms with Gasteiger partial charge in [0, 0.05) is 18.7 Å². The van der Waals surface area contributed by atoms with Crippen molar-refractivity contribution in [2.45, 2.75) is 0 Å². The number of hydrogen-bond donors (Lipinski definition) is 0. The number of aliphatic imine (C=N–C) groups is 1. The number of rotatable bonds is 3. The largest absolute Gasteiger partial charge is 0.307 e. The smallest absolute Gasteiger partial charge is 0.269 e. The fraction of sp³-hybridized carbons (Fsp3) is 0.125. The van der Waals surface area contributed by atoms with E-state index in [-0.39, 0.29) is 5.69 Å². The molecule has 0 aliphatic carbocycles. The molecule has 0 radical (unpaired) electrons. The Labute approximate surface area is 132 Å². The normalized spacial score (nSPS) is 15.7. The van der Waals surface area contributed by atoms with Crippen LogP contribution in [-0.2, 0) is 0 Å². The number of non-ortho nitro benzene ring substituents is 1. The van der Waals surface area contributed by atoms with Crippen molar-refractivity contribution in [2.75, 3.05) is 23.0 Å². The van der Waals surface area contributed by atoms with Crippen molar-refractivity contribution in [2.24, 2.45) is 10.1 Å². The molecular weight excluding hydrogens is 294 g/mol. The Balaban J connectivity index is 1.64. The first-order valence-corrected chi connectivity index (χ1v) is 7.23. The van der Waals surface area contributed by atoms with E-state index in [0.717, 1.165) is 36.0 Å². The highest BCUT2D eigenvalue weighted by molar-refractivity contribution is 6.17. The lowest BCUT2D eigenvalue weighted by Crippen LogP contribution is -2.32. The summed E-state index contributed by atoms with van der Waals surface area (Å²) in [5.74, 6) is 0.823. The Kier molecular flexibility index (Phi) is 3.04. The number of para-hydroxylation sites is 2. The van der Waals surface area contributed by atoms with Crippen LogP contribution in [0.1, 0.15) is 5.56 Å². The first-order valence-electron chi connectivity index (χ1n) is 7.23. The molecule has 7 nitrogen and oxygen atoms in total. The van der Waals surface area contributed by atoms with Gasteiger partial charge in [-0.15, -0.1) is 0 Å². The second kappa shape index (κ2) is 5.20. The van der Waals surface area contributed by atoms with Gasteiger partial charge in [-0.2, -0.15) is 10.1 Å². The van der Waals surface area contributed by atoms with Crippen LogP contribution in [0, 0.1) is 10.1 Å². The van der Waals surface area contributed by atoms with Crippen molar-refractivity contribution in [3.05, 3.63) is 64.2 Å². The molecule has 2 aliphatic rings. The van der Waals surface area contributed by atoms with E-state index in [2.05, 4.69) is 21.1 Å². The summed E-state index contributed by atoms with van der Waals surface area (Å²) >= 11 is 0. The molecule has 23 heavy (non-hydrogen) atoms. The topological polar surface area (TPSA) is 74.3 Å². The lowest BCUT2D eigenvalue weighted by molar-refractivity contribution is -0.384. The molecule has 7 heteroatoms. The molecule has 4 rings (SSSR count). The fourth-order valence-corrected chi connectivity index (χ4v) is 2.74. The summed E-state index contributed by atoms with van der Waals surface area (Å²) in [6.45, 7) is 1.61. The van der Waals surface area contributed by atoms with Gasteiger partial charge in [-0.3, -0.25) is 10.1 Å². The van der Waals surface area contributed by atoms with Crippen LogP contribution in [0.4, 0.5) is 17.1 Å². The highest BCUT2D eigenvalue weighted by atomic mass is 16.6. The van der Waals surface area contributed by atoms with Crippen LogP contribution in [0.25, 0.3) is 0 Å². The minimum atomic E-state index is -0.414. The predicted octanol–water partition coefficient (Wildman–Crippen LogP) is 2.62. The lowest BCUT2D eigenvalue weighted by Gasteiger charge is -2.13. The molecular formula is C16H13N5O2. The zero-order valence-electron chi connectivity index (χ0n) is 12.2. The van der Waals surface area contributed by atoms with E-state index in [1.165, 1.54) is 12.1 Å². The average molecular weight is 307 g/mol. The molecule has 2 aromatic rings. The van der Waals surface area contributed by atoms with E-state index in [0.29, 0.717) is 0 Å². The van der Waals surface area contributed by atoms with Crippen molar-refractivity contribution >= 4 is 29.2 Å². The summed E-state index contributed by atoms with van der Waals surface area (Å²) in [6, 6.07) is 14.3. The lowest BCUT2D eigenvalue weighted by atomic mass is 10.2. The van der Waals surface area contributed by atoms with Crippen LogP contribution < -0.4 is 9.91 Å². The summed E-state index contributed by atoms with van der Waals surface area (Å²) in [5.41, 5.74) is 2.96. The van der Waals surface area contributed by atoms with E-state index in [1.807, 2.05) is 23.2 Å². The second-order valence-electron chi connectivity index (χ2n) is 5.23. The number of fused-ring (bicyclic) bond motifs is 3. The molecule has 114 valence electrons. The summed E-state index contributed by atoms with van der Waals surface area (Å²) in [5, 5.41) is 17.0. The SMILES string of the molecule is O=[N+]([O-])c1ccc(/C=N/N2C3=NCCN3c3ccccc32)cc1. The van der Waals surface area contributed by atoms with E-state index < -0.39 is 4.92 Å². The number of nitro groups is 1. The number of nitro benzene ring substituents is 1. The fourth-order valence-electron chi connectivity index (χ4n) is 2.74. The number of hydrogen-bond acceptors (Lipinski definition) is 6. The molecule has 0 fully saturated rings. The Bertz CT molecular complexity index is 829. The van der Waals surface area contributed by atoms with Crippen LogP contribution in [0.3, 0.4) is 0 Å². The van der Waals surface area contributed by atoms with Crippen LogP contribution >= 0.6 is 0 Å². The van der Waals surface area contributed by atoms with Crippen LogP contribution in [0.15, 0.2) is 58.6 Å². The summed E-state index contributed by atoms with van der Waals surface area (Å²) in [7, 11) is 0. The molecule has 2 aliphatic heterocycles. The number of nitrogens with zero attached hydrogens (tertiary/aromatic N) is 5. The second-order valence-corrected chi connectivity index (χ2v) is 5.23. The number of anilines is 2. The first-order chi connectivity index (χ1) is 11.2. The van der Waals surface area contributed by atoms with E-state index in [9.17, 15) is 10.1 Å². The van der Waals surface area contributed by atoms with Gasteiger partial charge in [0.2, 0.25) is 5.96 Å². The molecule has 0 saturated heterocycles. The molecule has 0 aromatic heterocycles. The minimum Gasteiger partial charge on any atom is -0.307 e. The summed E-state index contributed by atoms with van der Waals surface area (Å²) in [4.78, 5) is 16.9. The first kappa shape index (κ1) is 13.4. The van der Waals surface area contributed by atoms with Gasteiger partial charge in [0.05, 0.1) is 29.1 Å². The van der Waals surface area contributed by atoms with Gasteiger partial charge in [-0.25, -0.2) is 4.99 Å². The highest BCUT2D eigenvalue weighted by Gasteiger charge is 2.34. The van der Waals surface area contributed by atoms with E-state index >= 15 is 0 Å². The Hall–Kier alpha value is -3.22. The molecule has 0 amide bonds. The third-order valence-corrected chi connectivity index (χ3v) is 3.83. The van der Waals surface area contributed by atoms with Gasteiger partial charge in [-0.05, 0) is 29.8 Å². The molecule has 0 spiro atoms. The molecule has 2 aromatic carbocycles. The minimum absolute atomic E-state index is 0.0695. The predicted molar refractivity (Wildman–Crippen MR) is 89.3 cm³/mol. The van der Waals surface area contributed by atoms with Crippen LogP contribution in [-0.4, -0.2) is 30.2 Å². The van der Waals surface area contributed by atoms with Crippen molar-refractivity contribution in [1.82, 2.24) is 0 Å². The maximum absolute atomic E-state index is 10.7. The third kappa shape index (κ3) is 2.22. The van der Waals surface area contributed by atoms with E-state index in [4.69, 9.17) is 0 Å². The number of guanidine groups is 1. The molecule has 0 saturated carbocycles. The van der Waals surface area contributed by atoms with E-state index in [1.54, 1.807) is 18.3 Å². The maximum atomic E-state index is 10.7. The van der Waals surface area contributed by atoms with Crippen LogP contribution in [0.5, 0.6) is 0 Å². The Morgan fingerprint density at radius 1 is 1.13 bits per heavy atom. The quantitative estimate of drug-likeness (QED) is 0.496. The Morgan fingerprint density at radius 3 is 2.61 bits per heavy atom. The molecule has 0 bridgehead atoms. The number of benzene rings is 2. The molecule has 0 unspecified atom stereocenters. The van der Waals surface area contributed by atoms with Crippen LogP contribution in [0.2, 0.25) is 0 Å². The molecule has 2 heterocycles. The molecule has 0 atom stereocenters. The monoisotopic (exact) mass is 307 g/mol. The van der Waals surface area contributed by atoms with Crippen molar-refractivity contribution in [3.8, 4) is 0 Å².